The van der Waals surface area contributed by atoms with Crippen molar-refractivity contribution >= 4 is 22.0 Å². The van der Waals surface area contributed by atoms with Crippen LogP contribution in [0.15, 0.2) is 156 Å². The minimum Gasteiger partial charge on any atom is -0.557 e. The van der Waals surface area contributed by atoms with Gasteiger partial charge in [0, 0.05) is 57.5 Å². The van der Waals surface area contributed by atoms with Gasteiger partial charge in [0.1, 0.15) is 0 Å². The fraction of sp³-hybridized carbons (Fsp3) is 0.137. The van der Waals surface area contributed by atoms with Crippen LogP contribution in [0.2, 0.25) is 0 Å². The molecular formula is C51H43IrN3O-2. The number of fused-ring (bicyclic) bond motifs is 2. The Labute approximate surface area is 351 Å². The van der Waals surface area contributed by atoms with Crippen molar-refractivity contribution in [2.24, 2.45) is 0 Å². The van der Waals surface area contributed by atoms with E-state index in [1.54, 1.807) is 12.1 Å². The Hall–Kier alpha value is -5.87. The standard InChI is InChI=1S/C38H31N2O.C13H12N.Ir/c1-25-21-30(26-13-7-5-8-14-26)36(31(22-25)27-15-9-6-10-16-27)40-34-18-12-11-17-33(34)39-37(40)32-24-41-35-23-28(38(2,3)4)19-20-29(32)35;1-10-3-6-12(7-4-10)13-8-5-11(2)9-14-13;/h5-23H,1-4H3;3-6,8-9H,1-2H3;/q2*-1;/i;1D3,2D3;. The van der Waals surface area contributed by atoms with E-state index in [-0.39, 0.29) is 36.6 Å². The number of hydrogen-bond acceptors (Lipinski definition) is 3. The van der Waals surface area contributed by atoms with Crippen molar-refractivity contribution < 1.29 is 32.7 Å². The normalized spacial score (nSPS) is 13.3. The van der Waals surface area contributed by atoms with E-state index in [1.165, 1.54) is 35.5 Å². The summed E-state index contributed by atoms with van der Waals surface area (Å²) in [7, 11) is 0. The van der Waals surface area contributed by atoms with Crippen LogP contribution in [0.4, 0.5) is 0 Å². The molecular weight excluding hydrogens is 863 g/mol. The summed E-state index contributed by atoms with van der Waals surface area (Å²) in [6, 6.07) is 51.1. The molecule has 0 atom stereocenters. The first kappa shape index (κ1) is 31.3. The van der Waals surface area contributed by atoms with Crippen LogP contribution in [0.5, 0.6) is 0 Å². The minimum atomic E-state index is -2.18. The second-order valence-electron chi connectivity index (χ2n) is 14.7. The molecule has 6 aromatic carbocycles. The molecule has 0 saturated heterocycles. The monoisotopic (exact) mass is 912 g/mol. The molecule has 1 radical (unpaired) electrons. The van der Waals surface area contributed by atoms with Crippen molar-refractivity contribution in [1.29, 1.82) is 0 Å². The predicted molar refractivity (Wildman–Crippen MR) is 227 cm³/mol. The van der Waals surface area contributed by atoms with E-state index in [1.807, 2.05) is 6.07 Å². The molecule has 0 fully saturated rings. The zero-order valence-electron chi connectivity index (χ0n) is 37.5. The molecule has 5 heteroatoms. The molecule has 3 aromatic heterocycles. The third kappa shape index (κ3) is 7.79. The molecule has 0 aliphatic carbocycles. The van der Waals surface area contributed by atoms with Crippen molar-refractivity contribution in [2.45, 2.75) is 46.8 Å². The minimum absolute atomic E-state index is 0. The third-order valence-electron chi connectivity index (χ3n) is 9.66. The number of nitrogens with zero attached hydrogens (tertiary/aromatic N) is 3. The summed E-state index contributed by atoms with van der Waals surface area (Å²) in [6.07, 6.45) is 4.55. The molecule has 0 N–H and O–H groups in total. The van der Waals surface area contributed by atoms with Crippen molar-refractivity contribution in [3.8, 4) is 50.6 Å². The zero-order valence-corrected chi connectivity index (χ0v) is 33.9. The molecule has 0 saturated carbocycles. The van der Waals surface area contributed by atoms with Gasteiger partial charge in [0.05, 0.1) is 22.5 Å². The van der Waals surface area contributed by atoms with Crippen LogP contribution in [0, 0.1) is 33.0 Å². The van der Waals surface area contributed by atoms with E-state index >= 15 is 0 Å². The van der Waals surface area contributed by atoms with Crippen molar-refractivity contribution in [1.82, 2.24) is 14.5 Å². The fourth-order valence-corrected chi connectivity index (χ4v) is 6.86. The van der Waals surface area contributed by atoms with Crippen LogP contribution in [0.1, 0.15) is 51.2 Å². The maximum absolute atomic E-state index is 7.28. The first-order valence-electron chi connectivity index (χ1n) is 21.2. The smallest absolute Gasteiger partial charge is 0.0774 e. The quantitative estimate of drug-likeness (QED) is 0.162. The van der Waals surface area contributed by atoms with E-state index in [0.29, 0.717) is 11.3 Å². The van der Waals surface area contributed by atoms with Gasteiger partial charge in [-0.2, -0.15) is 0 Å². The van der Waals surface area contributed by atoms with Crippen LogP contribution in [0.3, 0.4) is 0 Å². The summed E-state index contributed by atoms with van der Waals surface area (Å²) < 4.78 is 52.0. The number of para-hydroxylation sites is 2. The van der Waals surface area contributed by atoms with Gasteiger partial charge in [0.15, 0.2) is 0 Å². The zero-order chi connectivity index (χ0) is 43.1. The molecule has 9 rings (SSSR count). The largest absolute Gasteiger partial charge is 0.557 e. The first-order valence-corrected chi connectivity index (χ1v) is 18.2. The third-order valence-corrected chi connectivity index (χ3v) is 9.66. The Kier molecular flexibility index (Phi) is 9.00. The second kappa shape index (κ2) is 16.1. The number of furan rings is 1. The number of imidazole rings is 1. The number of pyridine rings is 1. The van der Waals surface area contributed by atoms with E-state index < -0.39 is 13.7 Å². The van der Waals surface area contributed by atoms with E-state index in [9.17, 15) is 0 Å². The maximum atomic E-state index is 7.28. The average Bonchev–Trinajstić information content (AvgIpc) is 3.85. The Morgan fingerprint density at radius 2 is 1.36 bits per heavy atom. The Morgan fingerprint density at radius 1 is 0.696 bits per heavy atom. The van der Waals surface area contributed by atoms with Gasteiger partial charge in [0.2, 0.25) is 0 Å². The summed E-state index contributed by atoms with van der Waals surface area (Å²) in [6.45, 7) is 4.48. The van der Waals surface area contributed by atoms with Gasteiger partial charge in [-0.05, 0) is 77.0 Å². The van der Waals surface area contributed by atoms with E-state index in [4.69, 9.17) is 17.6 Å². The number of hydrogen-bond donors (Lipinski definition) is 0. The van der Waals surface area contributed by atoms with Gasteiger partial charge < -0.3 is 14.0 Å². The van der Waals surface area contributed by atoms with E-state index in [0.717, 1.165) is 61.3 Å². The molecule has 0 spiro atoms. The summed E-state index contributed by atoms with van der Waals surface area (Å²) in [5, 5.41) is 1.00. The van der Waals surface area contributed by atoms with Crippen LogP contribution in [-0.4, -0.2) is 14.5 Å². The van der Waals surface area contributed by atoms with E-state index in [2.05, 4.69) is 159 Å². The van der Waals surface area contributed by atoms with Crippen molar-refractivity contribution in [3.63, 3.8) is 0 Å². The summed E-state index contributed by atoms with van der Waals surface area (Å²) in [5.41, 5.74) is 13.3. The van der Waals surface area contributed by atoms with Crippen LogP contribution in [0.25, 0.3) is 72.6 Å². The van der Waals surface area contributed by atoms with Crippen molar-refractivity contribution in [2.75, 3.05) is 0 Å². The molecule has 0 aliphatic heterocycles. The SMILES string of the molecule is Cc1cc(-c2ccccc2)c(-n2c(-c3[c-]oc4cc(C(C)(C)C)ccc34)nc3ccccc32)c(-c2ccccc2)c1.[2H]C([2H])([2H])c1c[c-]c(-c2ccc(C([2H])([2H])[2H])cn2)cc1.[Ir]. The number of aromatic nitrogens is 3. The van der Waals surface area contributed by atoms with Gasteiger partial charge in [-0.15, -0.1) is 41.5 Å². The number of aryl methyl sites for hydroxylation is 3. The van der Waals surface area contributed by atoms with Gasteiger partial charge in [-0.1, -0.05) is 136 Å². The Morgan fingerprint density at radius 3 is 1.96 bits per heavy atom. The molecule has 3 heterocycles. The van der Waals surface area contributed by atoms with Gasteiger partial charge in [-0.25, -0.2) is 0 Å². The fourth-order valence-electron chi connectivity index (χ4n) is 6.86. The summed E-state index contributed by atoms with van der Waals surface area (Å²) >= 11 is 0. The molecule has 0 bridgehead atoms. The summed E-state index contributed by atoms with van der Waals surface area (Å²) in [4.78, 5) is 9.29. The number of benzene rings is 6. The molecule has 56 heavy (non-hydrogen) atoms. The second-order valence-corrected chi connectivity index (χ2v) is 14.7. The van der Waals surface area contributed by atoms with Crippen molar-refractivity contribution in [3.05, 3.63) is 186 Å². The predicted octanol–water partition coefficient (Wildman–Crippen LogP) is 13.3. The Bertz CT molecular complexity index is 2850. The van der Waals surface area contributed by atoms with Gasteiger partial charge in [-0.3, -0.25) is 4.98 Å². The molecule has 4 nitrogen and oxygen atoms in total. The molecule has 9 aromatic rings. The average molecular weight is 912 g/mol. The van der Waals surface area contributed by atoms with Crippen LogP contribution in [-0.2, 0) is 25.5 Å². The molecule has 0 aliphatic rings. The molecule has 0 unspecified atom stereocenters. The topological polar surface area (TPSA) is 43.9 Å². The summed E-state index contributed by atoms with van der Waals surface area (Å²) in [5.74, 6) is 0.812. The van der Waals surface area contributed by atoms with Gasteiger partial charge >= 0.3 is 0 Å². The molecule has 279 valence electrons. The van der Waals surface area contributed by atoms with Gasteiger partial charge in [0.25, 0.3) is 0 Å². The number of rotatable bonds is 5. The van der Waals surface area contributed by atoms with Crippen LogP contribution >= 0.6 is 0 Å². The molecule has 0 amide bonds. The Balaban J connectivity index is 0.000000233. The maximum Gasteiger partial charge on any atom is 0.0774 e. The van der Waals surface area contributed by atoms with Crippen LogP contribution < -0.4 is 0 Å². The first-order chi connectivity index (χ1) is 29.1.